The van der Waals surface area contributed by atoms with Crippen molar-refractivity contribution in [2.24, 2.45) is 0 Å². The minimum absolute atomic E-state index is 0.0137. The van der Waals surface area contributed by atoms with Crippen molar-refractivity contribution in [1.29, 1.82) is 0 Å². The number of hydrogen-bond donors (Lipinski definition) is 2. The molecule has 0 aliphatic carbocycles. The second-order valence-corrected chi connectivity index (χ2v) is 5.33. The van der Waals surface area contributed by atoms with Crippen LogP contribution in [0.4, 0.5) is 4.39 Å². The van der Waals surface area contributed by atoms with Gasteiger partial charge in [-0.15, -0.1) is 0 Å². The zero-order valence-corrected chi connectivity index (χ0v) is 12.3. The molecule has 2 rings (SSSR count). The summed E-state index contributed by atoms with van der Waals surface area (Å²) in [6.07, 6.45) is 0. The average molecular weight is 338 g/mol. The smallest absolute Gasteiger partial charge is 0.254 e. The van der Waals surface area contributed by atoms with Gasteiger partial charge >= 0.3 is 0 Å². The molecule has 0 fully saturated rings. The first-order valence-electron chi connectivity index (χ1n) is 6.02. The Hall–Kier alpha value is -1.88. The highest BCUT2D eigenvalue weighted by molar-refractivity contribution is 9.10. The highest BCUT2D eigenvalue weighted by atomic mass is 79.9. The number of hydrogen-bond acceptors (Lipinski definition) is 2. The average Bonchev–Trinajstić information content (AvgIpc) is 2.38. The van der Waals surface area contributed by atoms with E-state index in [2.05, 4.69) is 21.2 Å². The predicted octanol–water partition coefficient (Wildman–Crippen LogP) is 3.78. The molecule has 2 N–H and O–H groups in total. The van der Waals surface area contributed by atoms with E-state index in [0.717, 1.165) is 5.56 Å². The van der Waals surface area contributed by atoms with Gasteiger partial charge in [0.15, 0.2) is 0 Å². The largest absolute Gasteiger partial charge is 0.508 e. The van der Waals surface area contributed by atoms with Crippen LogP contribution in [0.3, 0.4) is 0 Å². The van der Waals surface area contributed by atoms with Crippen molar-refractivity contribution in [2.45, 2.75) is 13.0 Å². The molecule has 1 amide bonds. The van der Waals surface area contributed by atoms with Crippen molar-refractivity contribution in [3.8, 4) is 5.75 Å². The molecule has 0 saturated carbocycles. The van der Waals surface area contributed by atoms with E-state index >= 15 is 0 Å². The lowest BCUT2D eigenvalue weighted by atomic mass is 10.1. The standard InChI is InChI=1S/C15H13BrFNO2/c1-9(10-3-2-4-12(19)7-10)18-15(20)13-6-5-11(16)8-14(13)17/h2-9,19H,1H3,(H,18,20). The van der Waals surface area contributed by atoms with Gasteiger partial charge in [0.2, 0.25) is 0 Å². The van der Waals surface area contributed by atoms with E-state index in [9.17, 15) is 14.3 Å². The summed E-state index contributed by atoms with van der Waals surface area (Å²) >= 11 is 3.14. The van der Waals surface area contributed by atoms with Crippen molar-refractivity contribution in [2.75, 3.05) is 0 Å². The van der Waals surface area contributed by atoms with Crippen LogP contribution < -0.4 is 5.32 Å². The summed E-state index contributed by atoms with van der Waals surface area (Å²) < 4.78 is 14.3. The van der Waals surface area contributed by atoms with Gasteiger partial charge in [0.1, 0.15) is 11.6 Å². The molecule has 104 valence electrons. The number of nitrogens with one attached hydrogen (secondary N) is 1. The Morgan fingerprint density at radius 1 is 1.30 bits per heavy atom. The third-order valence-electron chi connectivity index (χ3n) is 2.89. The summed E-state index contributed by atoms with van der Waals surface area (Å²) in [6, 6.07) is 10.5. The number of amides is 1. The fourth-order valence-electron chi connectivity index (χ4n) is 1.83. The van der Waals surface area contributed by atoms with Crippen molar-refractivity contribution in [3.63, 3.8) is 0 Å². The highest BCUT2D eigenvalue weighted by Gasteiger charge is 2.15. The van der Waals surface area contributed by atoms with E-state index in [0.29, 0.717) is 4.47 Å². The van der Waals surface area contributed by atoms with Crippen LogP contribution in [0.15, 0.2) is 46.9 Å². The first-order valence-corrected chi connectivity index (χ1v) is 6.81. The monoisotopic (exact) mass is 337 g/mol. The van der Waals surface area contributed by atoms with Crippen LogP contribution in [0.2, 0.25) is 0 Å². The molecule has 2 aromatic rings. The van der Waals surface area contributed by atoms with Crippen LogP contribution in [0.25, 0.3) is 0 Å². The van der Waals surface area contributed by atoms with E-state index in [-0.39, 0.29) is 17.4 Å². The van der Waals surface area contributed by atoms with Crippen LogP contribution in [0.5, 0.6) is 5.75 Å². The third kappa shape index (κ3) is 3.36. The maximum atomic E-state index is 13.7. The van der Waals surface area contributed by atoms with Gasteiger partial charge in [-0.1, -0.05) is 28.1 Å². The third-order valence-corrected chi connectivity index (χ3v) is 3.39. The second kappa shape index (κ2) is 6.05. The molecule has 2 aromatic carbocycles. The topological polar surface area (TPSA) is 49.3 Å². The molecule has 0 spiro atoms. The Kier molecular flexibility index (Phi) is 4.39. The predicted molar refractivity (Wildman–Crippen MR) is 78.1 cm³/mol. The van der Waals surface area contributed by atoms with E-state index in [1.807, 2.05) is 0 Å². The molecule has 0 aliphatic rings. The summed E-state index contributed by atoms with van der Waals surface area (Å²) in [7, 11) is 0. The number of carbonyl (C=O) groups excluding carboxylic acids is 1. The fraction of sp³-hybridized carbons (Fsp3) is 0.133. The zero-order valence-electron chi connectivity index (χ0n) is 10.7. The van der Waals surface area contributed by atoms with Gasteiger partial charge in [-0.2, -0.15) is 0 Å². The van der Waals surface area contributed by atoms with E-state index < -0.39 is 11.7 Å². The molecule has 3 nitrogen and oxygen atoms in total. The number of aromatic hydroxyl groups is 1. The zero-order chi connectivity index (χ0) is 14.7. The molecule has 0 aliphatic heterocycles. The van der Waals surface area contributed by atoms with Crippen molar-refractivity contribution >= 4 is 21.8 Å². The van der Waals surface area contributed by atoms with Crippen LogP contribution >= 0.6 is 15.9 Å². The minimum atomic E-state index is -0.583. The Morgan fingerprint density at radius 3 is 2.70 bits per heavy atom. The molecular weight excluding hydrogens is 325 g/mol. The molecule has 1 unspecified atom stereocenters. The van der Waals surface area contributed by atoms with Crippen LogP contribution in [-0.2, 0) is 0 Å². The van der Waals surface area contributed by atoms with E-state index in [1.165, 1.54) is 12.1 Å². The lowest BCUT2D eigenvalue weighted by Crippen LogP contribution is -2.27. The van der Waals surface area contributed by atoms with Gasteiger partial charge in [-0.25, -0.2) is 4.39 Å². The van der Waals surface area contributed by atoms with Gasteiger partial charge < -0.3 is 10.4 Å². The quantitative estimate of drug-likeness (QED) is 0.895. The maximum absolute atomic E-state index is 13.7. The van der Waals surface area contributed by atoms with E-state index in [4.69, 9.17) is 0 Å². The van der Waals surface area contributed by atoms with Crippen molar-refractivity contribution in [3.05, 3.63) is 63.9 Å². The molecule has 0 radical (unpaired) electrons. The van der Waals surface area contributed by atoms with Crippen LogP contribution in [0.1, 0.15) is 28.9 Å². The molecule has 0 heterocycles. The summed E-state index contributed by atoms with van der Waals surface area (Å²) in [5.41, 5.74) is 0.732. The summed E-state index contributed by atoms with van der Waals surface area (Å²) in [4.78, 5) is 12.0. The SMILES string of the molecule is CC(NC(=O)c1ccc(Br)cc1F)c1cccc(O)c1. The van der Waals surface area contributed by atoms with Crippen LogP contribution in [0, 0.1) is 5.82 Å². The second-order valence-electron chi connectivity index (χ2n) is 4.41. The molecule has 20 heavy (non-hydrogen) atoms. The number of phenols is 1. The van der Waals surface area contributed by atoms with Gasteiger partial charge in [0.25, 0.3) is 5.91 Å². The van der Waals surface area contributed by atoms with Gasteiger partial charge in [-0.3, -0.25) is 4.79 Å². The minimum Gasteiger partial charge on any atom is -0.508 e. The van der Waals surface area contributed by atoms with Gasteiger partial charge in [-0.05, 0) is 42.8 Å². The Morgan fingerprint density at radius 2 is 2.05 bits per heavy atom. The van der Waals surface area contributed by atoms with Gasteiger partial charge in [0, 0.05) is 4.47 Å². The molecule has 0 aromatic heterocycles. The number of benzene rings is 2. The molecule has 0 bridgehead atoms. The maximum Gasteiger partial charge on any atom is 0.254 e. The fourth-order valence-corrected chi connectivity index (χ4v) is 2.16. The molecule has 0 saturated heterocycles. The Balaban J connectivity index is 2.15. The van der Waals surface area contributed by atoms with E-state index in [1.54, 1.807) is 37.3 Å². The number of carbonyl (C=O) groups is 1. The first kappa shape index (κ1) is 14.5. The highest BCUT2D eigenvalue weighted by Crippen LogP contribution is 2.19. The number of phenolic OH excluding ortho intramolecular Hbond substituents is 1. The van der Waals surface area contributed by atoms with Crippen LogP contribution in [-0.4, -0.2) is 11.0 Å². The lowest BCUT2D eigenvalue weighted by Gasteiger charge is -2.15. The molecular formula is C15H13BrFNO2. The lowest BCUT2D eigenvalue weighted by molar-refractivity contribution is 0.0935. The Bertz CT molecular complexity index is 646. The first-order chi connectivity index (χ1) is 9.47. The molecule has 1 atom stereocenters. The van der Waals surface area contributed by atoms with Crippen molar-refractivity contribution < 1.29 is 14.3 Å². The summed E-state index contributed by atoms with van der Waals surface area (Å²) in [5.74, 6) is -0.954. The van der Waals surface area contributed by atoms with Gasteiger partial charge in [0.05, 0.1) is 11.6 Å². The summed E-state index contributed by atoms with van der Waals surface area (Å²) in [6.45, 7) is 1.77. The Labute approximate surface area is 124 Å². The normalized spacial score (nSPS) is 11.9. The number of halogens is 2. The molecule has 5 heteroatoms. The van der Waals surface area contributed by atoms with Crippen molar-refractivity contribution in [1.82, 2.24) is 5.32 Å². The summed E-state index contributed by atoms with van der Waals surface area (Å²) in [5, 5.41) is 12.1. The number of rotatable bonds is 3.